The highest BCUT2D eigenvalue weighted by Gasteiger charge is 2.53. The molecule has 2 heterocycles. The molecule has 3 aromatic carbocycles. The molecule has 0 saturated carbocycles. The molecule has 0 fully saturated rings. The van der Waals surface area contributed by atoms with Crippen LogP contribution in [0.15, 0.2) is 59.1 Å². The van der Waals surface area contributed by atoms with Crippen molar-refractivity contribution in [3.8, 4) is 23.0 Å². The van der Waals surface area contributed by atoms with Gasteiger partial charge in [-0.15, -0.1) is 0 Å². The molecular formula is C20H11BrO5. The van der Waals surface area contributed by atoms with Gasteiger partial charge in [0.25, 0.3) is 0 Å². The van der Waals surface area contributed by atoms with Gasteiger partial charge in [-0.3, -0.25) is 0 Å². The molecule has 0 atom stereocenters. The van der Waals surface area contributed by atoms with Crippen LogP contribution >= 0.6 is 15.9 Å². The van der Waals surface area contributed by atoms with E-state index in [0.29, 0.717) is 33.8 Å². The molecule has 26 heavy (non-hydrogen) atoms. The van der Waals surface area contributed by atoms with Crippen LogP contribution in [0.5, 0.6) is 23.0 Å². The predicted octanol–water partition coefficient (Wildman–Crippen LogP) is 4.43. The molecule has 6 heteroatoms. The Morgan fingerprint density at radius 2 is 1.38 bits per heavy atom. The van der Waals surface area contributed by atoms with Crippen LogP contribution in [0.25, 0.3) is 0 Å². The van der Waals surface area contributed by atoms with Crippen LogP contribution < -0.4 is 4.74 Å². The first-order valence-corrected chi connectivity index (χ1v) is 8.66. The van der Waals surface area contributed by atoms with Crippen LogP contribution in [0.3, 0.4) is 0 Å². The van der Waals surface area contributed by atoms with Gasteiger partial charge in [0.2, 0.25) is 0 Å². The van der Waals surface area contributed by atoms with E-state index in [2.05, 4.69) is 15.9 Å². The average Bonchev–Trinajstić information content (AvgIpc) is 2.87. The van der Waals surface area contributed by atoms with Crippen molar-refractivity contribution in [1.82, 2.24) is 0 Å². The first kappa shape index (κ1) is 15.3. The van der Waals surface area contributed by atoms with Crippen molar-refractivity contribution in [2.75, 3.05) is 0 Å². The van der Waals surface area contributed by atoms with E-state index in [4.69, 9.17) is 9.47 Å². The van der Waals surface area contributed by atoms with Gasteiger partial charge in [0.05, 0.1) is 5.56 Å². The second-order valence-electron chi connectivity index (χ2n) is 6.22. The summed E-state index contributed by atoms with van der Waals surface area (Å²) in [5, 5.41) is 19.7. The fraction of sp³-hybridized carbons (Fsp3) is 0.0500. The maximum atomic E-state index is 12.7. The summed E-state index contributed by atoms with van der Waals surface area (Å²) in [6.07, 6.45) is 0. The molecule has 5 rings (SSSR count). The minimum atomic E-state index is -1.20. The van der Waals surface area contributed by atoms with Gasteiger partial charge in [0, 0.05) is 33.3 Å². The molecule has 3 aromatic rings. The predicted molar refractivity (Wildman–Crippen MR) is 95.7 cm³/mol. The SMILES string of the molecule is O=C1OC2(c3ccc(O)cc3Oc3cc(O)ccc32)c2ccc(Br)cc21. The third kappa shape index (κ3) is 1.87. The summed E-state index contributed by atoms with van der Waals surface area (Å²) >= 11 is 3.39. The summed E-state index contributed by atoms with van der Waals surface area (Å²) in [7, 11) is 0. The summed E-state index contributed by atoms with van der Waals surface area (Å²) in [6, 6.07) is 14.8. The minimum Gasteiger partial charge on any atom is -0.508 e. The van der Waals surface area contributed by atoms with Crippen molar-refractivity contribution in [3.05, 3.63) is 81.3 Å². The summed E-state index contributed by atoms with van der Waals surface area (Å²) in [4.78, 5) is 12.7. The van der Waals surface area contributed by atoms with E-state index in [0.717, 1.165) is 4.47 Å². The number of carbonyl (C=O) groups excluding carboxylic acids is 1. The summed E-state index contributed by atoms with van der Waals surface area (Å²) < 4.78 is 12.6. The lowest BCUT2D eigenvalue weighted by Crippen LogP contribution is -2.32. The van der Waals surface area contributed by atoms with Crippen molar-refractivity contribution in [2.24, 2.45) is 0 Å². The maximum absolute atomic E-state index is 12.7. The molecule has 1 spiro atoms. The van der Waals surface area contributed by atoms with E-state index in [1.165, 1.54) is 24.3 Å². The van der Waals surface area contributed by atoms with Gasteiger partial charge in [-0.05, 0) is 36.4 Å². The van der Waals surface area contributed by atoms with Gasteiger partial charge in [-0.25, -0.2) is 4.79 Å². The number of hydrogen-bond donors (Lipinski definition) is 2. The Hall–Kier alpha value is -2.99. The van der Waals surface area contributed by atoms with E-state index in [9.17, 15) is 15.0 Å². The summed E-state index contributed by atoms with van der Waals surface area (Å²) in [6.45, 7) is 0. The number of rotatable bonds is 0. The minimum absolute atomic E-state index is 0.0304. The molecule has 0 radical (unpaired) electrons. The number of carbonyl (C=O) groups is 1. The number of esters is 1. The van der Waals surface area contributed by atoms with Crippen molar-refractivity contribution in [3.63, 3.8) is 0 Å². The highest BCUT2D eigenvalue weighted by molar-refractivity contribution is 9.10. The quantitative estimate of drug-likeness (QED) is 0.536. The van der Waals surface area contributed by atoms with E-state index < -0.39 is 11.6 Å². The third-order valence-electron chi connectivity index (χ3n) is 4.74. The van der Waals surface area contributed by atoms with Crippen LogP contribution in [0.2, 0.25) is 0 Å². The lowest BCUT2D eigenvalue weighted by molar-refractivity contribution is 0.0224. The standard InChI is InChI=1S/C20H11BrO5/c21-10-1-4-14-13(7-10)19(24)26-20(14)15-5-2-11(22)8-17(15)25-18-9-12(23)3-6-16(18)20/h1-9,22-23H. The maximum Gasteiger partial charge on any atom is 0.340 e. The van der Waals surface area contributed by atoms with Gasteiger partial charge in [-0.2, -0.15) is 0 Å². The molecule has 0 aliphatic carbocycles. The molecular weight excluding hydrogens is 400 g/mol. The second-order valence-corrected chi connectivity index (χ2v) is 7.14. The van der Waals surface area contributed by atoms with Crippen LogP contribution in [-0.2, 0) is 10.3 Å². The zero-order valence-electron chi connectivity index (χ0n) is 13.2. The molecule has 0 bridgehead atoms. The topological polar surface area (TPSA) is 76.0 Å². The Morgan fingerprint density at radius 1 is 0.808 bits per heavy atom. The highest BCUT2D eigenvalue weighted by Crippen LogP contribution is 2.57. The molecule has 2 aliphatic rings. The van der Waals surface area contributed by atoms with Crippen molar-refractivity contribution in [2.45, 2.75) is 5.60 Å². The molecule has 0 aromatic heterocycles. The van der Waals surface area contributed by atoms with E-state index in [1.54, 1.807) is 18.2 Å². The van der Waals surface area contributed by atoms with Gasteiger partial charge >= 0.3 is 5.97 Å². The zero-order chi connectivity index (χ0) is 18.1. The normalized spacial score (nSPS) is 15.7. The van der Waals surface area contributed by atoms with E-state index >= 15 is 0 Å². The molecule has 2 N–H and O–H groups in total. The Kier molecular flexibility index (Phi) is 2.95. The fourth-order valence-electron chi connectivity index (χ4n) is 3.68. The Morgan fingerprint density at radius 3 is 2.00 bits per heavy atom. The average molecular weight is 411 g/mol. The van der Waals surface area contributed by atoms with Gasteiger partial charge in [0.15, 0.2) is 5.60 Å². The number of ether oxygens (including phenoxy) is 2. The number of aromatic hydroxyl groups is 2. The molecule has 2 aliphatic heterocycles. The molecule has 0 unspecified atom stereocenters. The summed E-state index contributed by atoms with van der Waals surface area (Å²) in [5.74, 6) is 0.352. The molecule has 0 amide bonds. The number of fused-ring (bicyclic) bond motifs is 6. The van der Waals surface area contributed by atoms with Crippen molar-refractivity contribution in [1.29, 1.82) is 0 Å². The highest BCUT2D eigenvalue weighted by atomic mass is 79.9. The molecule has 0 saturated heterocycles. The first-order valence-electron chi connectivity index (χ1n) is 7.87. The zero-order valence-corrected chi connectivity index (χ0v) is 14.8. The number of halogens is 1. The van der Waals surface area contributed by atoms with Crippen LogP contribution in [0.1, 0.15) is 27.0 Å². The van der Waals surface area contributed by atoms with Gasteiger partial charge in [-0.1, -0.05) is 22.0 Å². The first-order chi connectivity index (χ1) is 12.5. The van der Waals surface area contributed by atoms with Crippen LogP contribution in [-0.4, -0.2) is 16.2 Å². The Labute approximate surface area is 156 Å². The lowest BCUT2D eigenvalue weighted by atomic mass is 9.77. The van der Waals surface area contributed by atoms with Crippen LogP contribution in [0, 0.1) is 0 Å². The largest absolute Gasteiger partial charge is 0.508 e. The summed E-state index contributed by atoms with van der Waals surface area (Å²) in [5.41, 5.74) is 1.18. The molecule has 5 nitrogen and oxygen atoms in total. The monoisotopic (exact) mass is 410 g/mol. The second kappa shape index (κ2) is 5.02. The number of benzene rings is 3. The number of hydrogen-bond acceptors (Lipinski definition) is 5. The van der Waals surface area contributed by atoms with Gasteiger partial charge < -0.3 is 19.7 Å². The smallest absolute Gasteiger partial charge is 0.340 e. The van der Waals surface area contributed by atoms with Gasteiger partial charge in [0.1, 0.15) is 23.0 Å². The fourth-order valence-corrected chi connectivity index (χ4v) is 4.04. The van der Waals surface area contributed by atoms with Crippen molar-refractivity contribution >= 4 is 21.9 Å². The third-order valence-corrected chi connectivity index (χ3v) is 5.23. The number of phenolic OH excluding ortho intramolecular Hbond substituents is 2. The van der Waals surface area contributed by atoms with E-state index in [-0.39, 0.29) is 11.5 Å². The Bertz CT molecular complexity index is 1050. The van der Waals surface area contributed by atoms with E-state index in [1.807, 2.05) is 12.1 Å². The Balaban J connectivity index is 1.90. The molecule has 128 valence electrons. The van der Waals surface area contributed by atoms with Crippen LogP contribution in [0.4, 0.5) is 0 Å². The van der Waals surface area contributed by atoms with Crippen molar-refractivity contribution < 1.29 is 24.5 Å². The lowest BCUT2D eigenvalue weighted by Gasteiger charge is -2.36. The number of phenols is 2.